The maximum absolute atomic E-state index is 13.8. The first-order chi connectivity index (χ1) is 18.9. The van der Waals surface area contributed by atoms with Crippen LogP contribution in [0.1, 0.15) is 21.9 Å². The number of nitrogens with zero attached hydrogens (tertiary/aromatic N) is 1. The molecular weight excluding hydrogens is 534 g/mol. The second-order valence-electron chi connectivity index (χ2n) is 9.38. The lowest BCUT2D eigenvalue weighted by Crippen LogP contribution is -2.32. The van der Waals surface area contributed by atoms with Crippen LogP contribution in [-0.2, 0) is 14.4 Å². The van der Waals surface area contributed by atoms with Crippen LogP contribution in [0.2, 0.25) is 0 Å². The number of imide groups is 1. The van der Waals surface area contributed by atoms with Crippen molar-refractivity contribution in [2.45, 2.75) is 23.1 Å². The summed E-state index contributed by atoms with van der Waals surface area (Å²) in [5.74, 6) is -1.68. The van der Waals surface area contributed by atoms with Gasteiger partial charge in [-0.2, -0.15) is 0 Å². The van der Waals surface area contributed by atoms with E-state index in [4.69, 9.17) is 4.74 Å². The monoisotopic (exact) mass is 557 g/mol. The second-order valence-corrected chi connectivity index (χ2v) is 11.5. The summed E-state index contributed by atoms with van der Waals surface area (Å²) >= 11 is 2.29. The van der Waals surface area contributed by atoms with Crippen LogP contribution < -0.4 is 19.8 Å². The molecule has 196 valence electrons. The van der Waals surface area contributed by atoms with Crippen molar-refractivity contribution in [3.63, 3.8) is 0 Å². The molecule has 3 heterocycles. The lowest BCUT2D eigenvalue weighted by atomic mass is 9.83. The van der Waals surface area contributed by atoms with E-state index in [0.717, 1.165) is 27.3 Å². The number of aryl methyl sites for hydroxylation is 1. The number of aromatic amines is 1. The number of H-pyrrole nitrogens is 1. The third-order valence-electron chi connectivity index (χ3n) is 6.73. The van der Waals surface area contributed by atoms with Gasteiger partial charge in [-0.3, -0.25) is 19.2 Å². The summed E-state index contributed by atoms with van der Waals surface area (Å²) in [7, 11) is 0. The van der Waals surface area contributed by atoms with Crippen LogP contribution in [0.4, 0.5) is 11.4 Å². The highest BCUT2D eigenvalue weighted by Crippen LogP contribution is 2.53. The molecule has 0 bridgehead atoms. The normalized spacial score (nSPS) is 19.9. The molecule has 3 atom stereocenters. The third kappa shape index (κ3) is 4.77. The van der Waals surface area contributed by atoms with E-state index in [0.29, 0.717) is 22.2 Å². The molecule has 6 rings (SSSR count). The quantitative estimate of drug-likeness (QED) is 0.337. The number of fused-ring (bicyclic) bond motifs is 2. The van der Waals surface area contributed by atoms with Crippen LogP contribution >= 0.6 is 23.1 Å². The Balaban J connectivity index is 1.29. The molecule has 2 N–H and O–H groups in total. The zero-order chi connectivity index (χ0) is 27.1. The molecule has 1 aromatic heterocycles. The van der Waals surface area contributed by atoms with E-state index in [1.54, 1.807) is 42.5 Å². The number of nitrogens with one attached hydrogen (secondary N) is 2. The Bertz CT molecular complexity index is 1650. The lowest BCUT2D eigenvalue weighted by Gasteiger charge is -2.30. The number of rotatable bonds is 6. The molecule has 0 spiro atoms. The molecule has 39 heavy (non-hydrogen) atoms. The zero-order valence-electron chi connectivity index (χ0n) is 20.7. The Morgan fingerprint density at radius 2 is 1.77 bits per heavy atom. The first-order valence-electron chi connectivity index (χ1n) is 12.3. The summed E-state index contributed by atoms with van der Waals surface area (Å²) < 4.78 is 5.80. The fourth-order valence-electron chi connectivity index (χ4n) is 5.07. The standard InChI is InChI=1S/C29H23N3O5S2/c1-16-7-5-9-18(13-16)30-21(33)15-37-20-12-6-8-17(14-20)22-23-25(38-26-24(22)39-29(36)31-26)28(35)32(27(23)34)19-10-3-2-4-11-19/h2-14,22-23,25H,15H2,1H3,(H,30,33)(H,31,36). The van der Waals surface area contributed by atoms with Gasteiger partial charge >= 0.3 is 4.87 Å². The minimum absolute atomic E-state index is 0.202. The van der Waals surface area contributed by atoms with Gasteiger partial charge in [0.05, 0.1) is 16.6 Å². The van der Waals surface area contributed by atoms with Crippen LogP contribution in [0, 0.1) is 12.8 Å². The van der Waals surface area contributed by atoms with Crippen molar-refractivity contribution in [3.05, 3.63) is 105 Å². The van der Waals surface area contributed by atoms with E-state index in [1.807, 2.05) is 43.3 Å². The van der Waals surface area contributed by atoms with Gasteiger partial charge in [-0.25, -0.2) is 4.90 Å². The van der Waals surface area contributed by atoms with Gasteiger partial charge in [0.2, 0.25) is 11.8 Å². The van der Waals surface area contributed by atoms with E-state index in [9.17, 15) is 19.2 Å². The van der Waals surface area contributed by atoms with E-state index in [2.05, 4.69) is 10.3 Å². The van der Waals surface area contributed by atoms with Crippen LogP contribution in [0.25, 0.3) is 0 Å². The lowest BCUT2D eigenvalue weighted by molar-refractivity contribution is -0.122. The predicted molar refractivity (Wildman–Crippen MR) is 151 cm³/mol. The Morgan fingerprint density at radius 3 is 2.56 bits per heavy atom. The summed E-state index contributed by atoms with van der Waals surface area (Å²) in [6.45, 7) is 1.74. The number of hydrogen-bond acceptors (Lipinski definition) is 7. The van der Waals surface area contributed by atoms with E-state index in [1.165, 1.54) is 16.7 Å². The maximum atomic E-state index is 13.8. The summed E-state index contributed by atoms with van der Waals surface area (Å²) in [6.07, 6.45) is 0. The number of aromatic nitrogens is 1. The minimum atomic E-state index is -0.693. The first-order valence-corrected chi connectivity index (χ1v) is 14.0. The minimum Gasteiger partial charge on any atom is -0.484 e. The average molecular weight is 558 g/mol. The molecule has 0 radical (unpaired) electrons. The fourth-order valence-corrected chi connectivity index (χ4v) is 7.59. The third-order valence-corrected chi connectivity index (χ3v) is 9.13. The van der Waals surface area contributed by atoms with Gasteiger partial charge in [0.15, 0.2) is 6.61 Å². The Labute approximate surface area is 232 Å². The topological polar surface area (TPSA) is 109 Å². The number of carbonyl (C=O) groups excluding carboxylic acids is 3. The number of amides is 3. The summed E-state index contributed by atoms with van der Waals surface area (Å²) in [4.78, 5) is 56.6. The number of thioether (sulfide) groups is 1. The molecule has 2 aliphatic rings. The zero-order valence-corrected chi connectivity index (χ0v) is 22.4. The van der Waals surface area contributed by atoms with Gasteiger partial charge in [0.25, 0.3) is 5.91 Å². The van der Waals surface area contributed by atoms with E-state index >= 15 is 0 Å². The van der Waals surface area contributed by atoms with Gasteiger partial charge in [0.1, 0.15) is 11.0 Å². The molecular formula is C29H23N3O5S2. The summed E-state index contributed by atoms with van der Waals surface area (Å²) in [5, 5.41) is 2.75. The van der Waals surface area contributed by atoms with Gasteiger partial charge in [0, 0.05) is 16.5 Å². The Morgan fingerprint density at radius 1 is 0.974 bits per heavy atom. The fraction of sp³-hybridized carbons (Fsp3) is 0.172. The van der Waals surface area contributed by atoms with Crippen LogP contribution in [0.5, 0.6) is 5.75 Å². The highest BCUT2D eigenvalue weighted by molar-refractivity contribution is 8.00. The smallest absolute Gasteiger partial charge is 0.305 e. The molecule has 2 aliphatic heterocycles. The Kier molecular flexibility index (Phi) is 6.58. The molecule has 1 saturated heterocycles. The maximum Gasteiger partial charge on any atom is 0.305 e. The average Bonchev–Trinajstić information content (AvgIpc) is 3.42. The van der Waals surface area contributed by atoms with Crippen molar-refractivity contribution in [2.24, 2.45) is 5.92 Å². The molecule has 0 saturated carbocycles. The molecule has 8 nitrogen and oxygen atoms in total. The SMILES string of the molecule is Cc1cccc(NC(=O)COc2cccc(C3c4sc(=O)[nH]c4SC4C(=O)N(c5ccccc5)C(=O)C43)c2)c1. The van der Waals surface area contributed by atoms with Crippen molar-refractivity contribution < 1.29 is 19.1 Å². The molecule has 10 heteroatoms. The molecule has 3 aromatic carbocycles. The van der Waals surface area contributed by atoms with Gasteiger partial charge in [-0.1, -0.05) is 65.6 Å². The molecule has 3 amide bonds. The van der Waals surface area contributed by atoms with Gasteiger partial charge < -0.3 is 15.0 Å². The molecule has 4 aromatic rings. The highest BCUT2D eigenvalue weighted by Gasteiger charge is 2.56. The molecule has 3 unspecified atom stereocenters. The van der Waals surface area contributed by atoms with Crippen molar-refractivity contribution in [3.8, 4) is 5.75 Å². The Hall–Kier alpha value is -4.15. The van der Waals surface area contributed by atoms with E-state index in [-0.39, 0.29) is 29.2 Å². The molecule has 0 aliphatic carbocycles. The number of anilines is 2. The van der Waals surface area contributed by atoms with Crippen LogP contribution in [0.3, 0.4) is 0 Å². The van der Waals surface area contributed by atoms with Crippen LogP contribution in [-0.4, -0.2) is 34.6 Å². The van der Waals surface area contributed by atoms with Gasteiger partial charge in [-0.15, -0.1) is 0 Å². The number of ether oxygens (including phenoxy) is 1. The largest absolute Gasteiger partial charge is 0.484 e. The summed E-state index contributed by atoms with van der Waals surface area (Å²) in [5.41, 5.74) is 2.97. The predicted octanol–water partition coefficient (Wildman–Crippen LogP) is 4.56. The van der Waals surface area contributed by atoms with Crippen molar-refractivity contribution in [1.82, 2.24) is 4.98 Å². The van der Waals surface area contributed by atoms with Gasteiger partial charge in [-0.05, 0) is 54.4 Å². The van der Waals surface area contributed by atoms with Crippen LogP contribution in [0.15, 0.2) is 88.7 Å². The number of thiazole rings is 1. The number of benzene rings is 3. The van der Waals surface area contributed by atoms with Crippen molar-refractivity contribution >= 4 is 52.2 Å². The first kappa shape index (κ1) is 25.1. The second kappa shape index (κ2) is 10.2. The number of para-hydroxylation sites is 1. The summed E-state index contributed by atoms with van der Waals surface area (Å²) in [6, 6.07) is 23.5. The van der Waals surface area contributed by atoms with Crippen molar-refractivity contribution in [2.75, 3.05) is 16.8 Å². The van der Waals surface area contributed by atoms with Crippen molar-refractivity contribution in [1.29, 1.82) is 0 Å². The molecule has 1 fully saturated rings. The van der Waals surface area contributed by atoms with E-state index < -0.39 is 17.1 Å². The number of hydrogen-bond donors (Lipinski definition) is 2. The number of carbonyl (C=O) groups is 3. The highest BCUT2D eigenvalue weighted by atomic mass is 32.2.